The Morgan fingerprint density at radius 2 is 2.33 bits per heavy atom. The number of nitrogens with one attached hydrogen (secondary N) is 1. The van der Waals surface area contributed by atoms with Crippen molar-refractivity contribution in [2.75, 3.05) is 18.6 Å². The first-order valence-corrected chi connectivity index (χ1v) is 6.97. The van der Waals surface area contributed by atoms with Crippen LogP contribution in [0, 0.1) is 11.3 Å². The molecule has 0 aliphatic heterocycles. The van der Waals surface area contributed by atoms with E-state index in [1.165, 1.54) is 0 Å². The molecule has 0 fully saturated rings. The van der Waals surface area contributed by atoms with Gasteiger partial charge in [0.1, 0.15) is 12.1 Å². The number of hydrogen-bond acceptors (Lipinski definition) is 5. The van der Waals surface area contributed by atoms with Crippen molar-refractivity contribution in [2.24, 2.45) is 0 Å². The van der Waals surface area contributed by atoms with E-state index in [-0.39, 0.29) is 12.5 Å². The summed E-state index contributed by atoms with van der Waals surface area (Å²) in [7, 11) is 0. The molecule has 0 saturated carbocycles. The SMILES string of the molecule is C=CCCC(=O)N[C@@H](CCSC)C(=O)OCC#N. The molecule has 0 radical (unpaired) electrons. The Bertz CT molecular complexity index is 326. The maximum absolute atomic E-state index is 11.6. The Labute approximate surface area is 112 Å². The molecule has 18 heavy (non-hydrogen) atoms. The molecule has 6 heteroatoms. The van der Waals surface area contributed by atoms with E-state index in [4.69, 9.17) is 10.00 Å². The third kappa shape index (κ3) is 7.74. The second kappa shape index (κ2) is 10.7. The molecule has 1 atom stereocenters. The first-order chi connectivity index (χ1) is 8.65. The van der Waals surface area contributed by atoms with Crippen LogP contribution in [-0.4, -0.2) is 36.5 Å². The van der Waals surface area contributed by atoms with Gasteiger partial charge in [0, 0.05) is 6.42 Å². The van der Waals surface area contributed by atoms with Crippen LogP contribution in [0.1, 0.15) is 19.3 Å². The highest BCUT2D eigenvalue weighted by atomic mass is 32.2. The molecular formula is C12H18N2O3S. The smallest absolute Gasteiger partial charge is 0.329 e. The fourth-order valence-corrected chi connectivity index (χ4v) is 1.66. The van der Waals surface area contributed by atoms with E-state index >= 15 is 0 Å². The van der Waals surface area contributed by atoms with Crippen molar-refractivity contribution in [3.05, 3.63) is 12.7 Å². The van der Waals surface area contributed by atoms with Gasteiger partial charge in [-0.3, -0.25) is 4.79 Å². The fourth-order valence-electron chi connectivity index (χ4n) is 1.19. The molecule has 0 spiro atoms. The van der Waals surface area contributed by atoms with Crippen molar-refractivity contribution >= 4 is 23.6 Å². The van der Waals surface area contributed by atoms with Crippen LogP contribution in [0.4, 0.5) is 0 Å². The number of hydrogen-bond donors (Lipinski definition) is 1. The normalized spacial score (nSPS) is 11.1. The third-order valence-electron chi connectivity index (χ3n) is 2.08. The lowest BCUT2D eigenvalue weighted by molar-refractivity contribution is -0.146. The number of nitrogens with zero attached hydrogens (tertiary/aromatic N) is 1. The van der Waals surface area contributed by atoms with E-state index in [0.717, 1.165) is 5.75 Å². The van der Waals surface area contributed by atoms with Gasteiger partial charge in [-0.05, 0) is 24.9 Å². The molecule has 1 N–H and O–H groups in total. The molecule has 5 nitrogen and oxygen atoms in total. The van der Waals surface area contributed by atoms with Crippen LogP contribution >= 0.6 is 11.8 Å². The second-order valence-corrected chi connectivity index (χ2v) is 4.48. The predicted molar refractivity (Wildman–Crippen MR) is 70.9 cm³/mol. The second-order valence-electron chi connectivity index (χ2n) is 3.49. The molecule has 0 rings (SSSR count). The zero-order chi connectivity index (χ0) is 13.8. The van der Waals surface area contributed by atoms with Crippen molar-refractivity contribution in [1.29, 1.82) is 5.26 Å². The van der Waals surface area contributed by atoms with Crippen molar-refractivity contribution in [3.63, 3.8) is 0 Å². The standard InChI is InChI=1S/C12H18N2O3S/c1-3-4-5-11(15)14-10(6-9-18-2)12(16)17-8-7-13/h3,10H,1,4-6,8-9H2,2H3,(H,14,15)/t10-/m0/s1. The highest BCUT2D eigenvalue weighted by molar-refractivity contribution is 7.98. The van der Waals surface area contributed by atoms with Gasteiger partial charge in [-0.25, -0.2) is 4.79 Å². The number of esters is 1. The summed E-state index contributed by atoms with van der Waals surface area (Å²) in [6.45, 7) is 3.23. The van der Waals surface area contributed by atoms with Crippen LogP contribution in [-0.2, 0) is 14.3 Å². The Morgan fingerprint density at radius 1 is 1.61 bits per heavy atom. The lowest BCUT2D eigenvalue weighted by atomic mass is 10.2. The maximum Gasteiger partial charge on any atom is 0.329 e. The molecule has 0 aliphatic rings. The number of amides is 1. The molecular weight excluding hydrogens is 252 g/mol. The minimum atomic E-state index is -0.678. The molecule has 0 aromatic rings. The Hall–Kier alpha value is -1.48. The topological polar surface area (TPSA) is 79.2 Å². The predicted octanol–water partition coefficient (Wildman–Crippen LogP) is 1.26. The zero-order valence-electron chi connectivity index (χ0n) is 10.5. The zero-order valence-corrected chi connectivity index (χ0v) is 11.3. The summed E-state index contributed by atoms with van der Waals surface area (Å²) in [6.07, 6.45) is 4.91. The largest absolute Gasteiger partial charge is 0.449 e. The minimum absolute atomic E-state index is 0.213. The van der Waals surface area contributed by atoms with E-state index < -0.39 is 12.0 Å². The lowest BCUT2D eigenvalue weighted by Gasteiger charge is -2.16. The van der Waals surface area contributed by atoms with Gasteiger partial charge in [0.25, 0.3) is 0 Å². The van der Waals surface area contributed by atoms with Crippen molar-refractivity contribution < 1.29 is 14.3 Å². The summed E-state index contributed by atoms with van der Waals surface area (Å²) in [4.78, 5) is 23.1. The number of rotatable bonds is 9. The Balaban J connectivity index is 4.29. The van der Waals surface area contributed by atoms with Gasteiger partial charge in [-0.15, -0.1) is 6.58 Å². The van der Waals surface area contributed by atoms with Gasteiger partial charge in [-0.2, -0.15) is 17.0 Å². The van der Waals surface area contributed by atoms with Crippen molar-refractivity contribution in [3.8, 4) is 6.07 Å². The monoisotopic (exact) mass is 270 g/mol. The van der Waals surface area contributed by atoms with Crippen molar-refractivity contribution in [2.45, 2.75) is 25.3 Å². The van der Waals surface area contributed by atoms with Crippen LogP contribution in [0.25, 0.3) is 0 Å². The molecule has 1 amide bonds. The van der Waals surface area contributed by atoms with Gasteiger partial charge in [0.05, 0.1) is 0 Å². The molecule has 0 saturated heterocycles. The number of carbonyl (C=O) groups excluding carboxylic acids is 2. The number of carbonyl (C=O) groups is 2. The molecule has 0 aromatic heterocycles. The van der Waals surface area contributed by atoms with Gasteiger partial charge in [0.2, 0.25) is 5.91 Å². The summed E-state index contributed by atoms with van der Waals surface area (Å²) in [6, 6.07) is 1.05. The van der Waals surface area contributed by atoms with E-state index in [0.29, 0.717) is 19.3 Å². The molecule has 0 heterocycles. The molecule has 0 aliphatic carbocycles. The van der Waals surface area contributed by atoms with Crippen LogP contribution in [0.3, 0.4) is 0 Å². The Kier molecular flexibility index (Phi) is 9.78. The number of ether oxygens (including phenoxy) is 1. The number of thioether (sulfide) groups is 1. The van der Waals surface area contributed by atoms with Gasteiger partial charge in [-0.1, -0.05) is 6.08 Å². The minimum Gasteiger partial charge on any atom is -0.449 e. The van der Waals surface area contributed by atoms with E-state index in [2.05, 4.69) is 11.9 Å². The molecule has 0 unspecified atom stereocenters. The Morgan fingerprint density at radius 3 is 2.89 bits per heavy atom. The molecule has 0 bridgehead atoms. The van der Waals surface area contributed by atoms with Gasteiger partial charge in [0.15, 0.2) is 6.61 Å². The summed E-state index contributed by atoms with van der Waals surface area (Å²) in [5.74, 6) is -0.0407. The van der Waals surface area contributed by atoms with Crippen LogP contribution in [0.15, 0.2) is 12.7 Å². The van der Waals surface area contributed by atoms with Crippen LogP contribution in [0.5, 0.6) is 0 Å². The van der Waals surface area contributed by atoms with Gasteiger partial charge < -0.3 is 10.1 Å². The fraction of sp³-hybridized carbons (Fsp3) is 0.583. The van der Waals surface area contributed by atoms with Gasteiger partial charge >= 0.3 is 5.97 Å². The number of allylic oxidation sites excluding steroid dienone is 1. The highest BCUT2D eigenvalue weighted by Crippen LogP contribution is 2.04. The summed E-state index contributed by atoms with van der Waals surface area (Å²) in [5, 5.41) is 11.0. The summed E-state index contributed by atoms with van der Waals surface area (Å²) in [5.41, 5.74) is 0. The molecule has 0 aromatic carbocycles. The first kappa shape index (κ1) is 16.5. The highest BCUT2D eigenvalue weighted by Gasteiger charge is 2.21. The average Bonchev–Trinajstić information content (AvgIpc) is 2.38. The average molecular weight is 270 g/mol. The van der Waals surface area contributed by atoms with E-state index in [9.17, 15) is 9.59 Å². The summed E-state index contributed by atoms with van der Waals surface area (Å²) >= 11 is 1.58. The van der Waals surface area contributed by atoms with E-state index in [1.807, 2.05) is 6.26 Å². The molecule has 100 valence electrons. The summed E-state index contributed by atoms with van der Waals surface area (Å²) < 4.78 is 4.71. The van der Waals surface area contributed by atoms with Crippen LogP contribution < -0.4 is 5.32 Å². The first-order valence-electron chi connectivity index (χ1n) is 5.58. The lowest BCUT2D eigenvalue weighted by Crippen LogP contribution is -2.42. The third-order valence-corrected chi connectivity index (χ3v) is 2.73. The quantitative estimate of drug-likeness (QED) is 0.504. The number of nitriles is 1. The van der Waals surface area contributed by atoms with Crippen molar-refractivity contribution in [1.82, 2.24) is 5.32 Å². The maximum atomic E-state index is 11.6. The van der Waals surface area contributed by atoms with Crippen LogP contribution in [0.2, 0.25) is 0 Å². The van der Waals surface area contributed by atoms with E-state index in [1.54, 1.807) is 23.9 Å².